The Morgan fingerprint density at radius 3 is 2.79 bits per heavy atom. The van der Waals surface area contributed by atoms with E-state index in [0.717, 1.165) is 37.4 Å². The Labute approximate surface area is 149 Å². The van der Waals surface area contributed by atoms with Crippen molar-refractivity contribution in [3.63, 3.8) is 0 Å². The van der Waals surface area contributed by atoms with Gasteiger partial charge in [-0.25, -0.2) is 4.68 Å². The standard InChI is InChI=1S/C18H24N4O.ClH/c1-14-17(13-22(20-14)16-8-4-3-5-9-16)18(23)21-10-6-7-15(12-21)11-19-2;/h3-5,8-9,13,15,19H,6-7,10-12H2,1-2H3;1H. The maximum atomic E-state index is 12.9. The van der Waals surface area contributed by atoms with Gasteiger partial charge in [-0.15, -0.1) is 12.4 Å². The Kier molecular flexibility index (Phi) is 6.40. The fraction of sp³-hybridized carbons (Fsp3) is 0.444. The van der Waals surface area contributed by atoms with E-state index in [1.54, 1.807) is 4.68 Å². The van der Waals surface area contributed by atoms with Crippen LogP contribution in [0.1, 0.15) is 28.9 Å². The topological polar surface area (TPSA) is 50.2 Å². The molecule has 5 nitrogen and oxygen atoms in total. The highest BCUT2D eigenvalue weighted by molar-refractivity contribution is 5.95. The third-order valence-electron chi connectivity index (χ3n) is 4.45. The second-order valence-corrected chi connectivity index (χ2v) is 6.23. The van der Waals surface area contributed by atoms with Crippen LogP contribution in [0.15, 0.2) is 36.5 Å². The van der Waals surface area contributed by atoms with Gasteiger partial charge in [0.1, 0.15) is 0 Å². The molecule has 1 N–H and O–H groups in total. The van der Waals surface area contributed by atoms with E-state index in [2.05, 4.69) is 10.4 Å². The van der Waals surface area contributed by atoms with Gasteiger partial charge in [-0.1, -0.05) is 18.2 Å². The average molecular weight is 349 g/mol. The van der Waals surface area contributed by atoms with Gasteiger partial charge in [0.05, 0.1) is 16.9 Å². The molecule has 0 radical (unpaired) electrons. The van der Waals surface area contributed by atoms with Crippen LogP contribution in [-0.2, 0) is 0 Å². The molecule has 1 aromatic carbocycles. The van der Waals surface area contributed by atoms with Gasteiger partial charge in [-0.05, 0) is 51.4 Å². The van der Waals surface area contributed by atoms with Crippen molar-refractivity contribution in [1.82, 2.24) is 20.0 Å². The Morgan fingerprint density at radius 1 is 1.33 bits per heavy atom. The molecule has 1 amide bonds. The van der Waals surface area contributed by atoms with Crippen LogP contribution in [0.2, 0.25) is 0 Å². The largest absolute Gasteiger partial charge is 0.338 e. The number of carbonyl (C=O) groups is 1. The number of hydrogen-bond acceptors (Lipinski definition) is 3. The van der Waals surface area contributed by atoms with Gasteiger partial charge in [-0.3, -0.25) is 4.79 Å². The zero-order valence-corrected chi connectivity index (χ0v) is 15.1. The molecule has 2 heterocycles. The molecule has 0 aliphatic carbocycles. The quantitative estimate of drug-likeness (QED) is 0.924. The predicted molar refractivity (Wildman–Crippen MR) is 98.1 cm³/mol. The highest BCUT2D eigenvalue weighted by atomic mass is 35.5. The van der Waals surface area contributed by atoms with Crippen molar-refractivity contribution in [2.24, 2.45) is 5.92 Å². The van der Waals surface area contributed by atoms with Crippen LogP contribution < -0.4 is 5.32 Å². The minimum absolute atomic E-state index is 0. The fourth-order valence-corrected chi connectivity index (χ4v) is 3.26. The maximum Gasteiger partial charge on any atom is 0.257 e. The molecular weight excluding hydrogens is 324 g/mol. The van der Waals surface area contributed by atoms with Gasteiger partial charge < -0.3 is 10.2 Å². The summed E-state index contributed by atoms with van der Waals surface area (Å²) in [5, 5.41) is 7.73. The number of likely N-dealkylation sites (tertiary alicyclic amines) is 1. The molecule has 0 bridgehead atoms. The van der Waals surface area contributed by atoms with Crippen LogP contribution in [-0.4, -0.2) is 47.3 Å². The van der Waals surface area contributed by atoms with Crippen molar-refractivity contribution in [2.75, 3.05) is 26.7 Å². The van der Waals surface area contributed by atoms with Gasteiger partial charge in [0.25, 0.3) is 5.91 Å². The van der Waals surface area contributed by atoms with Gasteiger partial charge in [0, 0.05) is 19.3 Å². The summed E-state index contributed by atoms with van der Waals surface area (Å²) in [5.41, 5.74) is 2.47. The molecule has 1 fully saturated rings. The third-order valence-corrected chi connectivity index (χ3v) is 4.45. The van der Waals surface area contributed by atoms with Crippen LogP contribution in [0.25, 0.3) is 5.69 Å². The first-order valence-electron chi connectivity index (χ1n) is 8.24. The molecule has 2 aromatic rings. The number of nitrogens with one attached hydrogen (secondary N) is 1. The van der Waals surface area contributed by atoms with E-state index in [0.29, 0.717) is 11.5 Å². The SMILES string of the molecule is CNCC1CCCN(C(=O)c2cn(-c3ccccc3)nc2C)C1.Cl. The molecule has 6 heteroatoms. The van der Waals surface area contributed by atoms with Crippen molar-refractivity contribution < 1.29 is 4.79 Å². The number of nitrogens with zero attached hydrogens (tertiary/aromatic N) is 3. The number of halogens is 1. The molecule has 1 aromatic heterocycles. The Bertz CT molecular complexity index is 669. The van der Waals surface area contributed by atoms with E-state index < -0.39 is 0 Å². The second kappa shape index (κ2) is 8.31. The molecule has 1 unspecified atom stereocenters. The van der Waals surface area contributed by atoms with E-state index in [9.17, 15) is 4.79 Å². The number of hydrogen-bond donors (Lipinski definition) is 1. The Morgan fingerprint density at radius 2 is 2.08 bits per heavy atom. The van der Waals surface area contributed by atoms with Crippen molar-refractivity contribution in [3.8, 4) is 5.69 Å². The zero-order valence-electron chi connectivity index (χ0n) is 14.2. The van der Waals surface area contributed by atoms with Crippen molar-refractivity contribution in [1.29, 1.82) is 0 Å². The maximum absolute atomic E-state index is 12.9. The van der Waals surface area contributed by atoms with Crippen molar-refractivity contribution in [2.45, 2.75) is 19.8 Å². The summed E-state index contributed by atoms with van der Waals surface area (Å²) in [4.78, 5) is 14.8. The molecule has 1 atom stereocenters. The summed E-state index contributed by atoms with van der Waals surface area (Å²) in [6, 6.07) is 9.90. The lowest BCUT2D eigenvalue weighted by atomic mass is 9.97. The van der Waals surface area contributed by atoms with E-state index in [1.807, 2.05) is 55.4 Å². The molecule has 1 aliphatic heterocycles. The van der Waals surface area contributed by atoms with Crippen LogP contribution in [0.5, 0.6) is 0 Å². The molecule has 130 valence electrons. The molecule has 24 heavy (non-hydrogen) atoms. The number of aryl methyl sites for hydroxylation is 1. The number of aromatic nitrogens is 2. The van der Waals surface area contributed by atoms with Gasteiger partial charge in [0.2, 0.25) is 0 Å². The van der Waals surface area contributed by atoms with Crippen LogP contribution in [0, 0.1) is 12.8 Å². The highest BCUT2D eigenvalue weighted by Gasteiger charge is 2.26. The van der Waals surface area contributed by atoms with Gasteiger partial charge in [0.15, 0.2) is 0 Å². The Balaban J connectivity index is 0.00000208. The number of amides is 1. The van der Waals surface area contributed by atoms with Crippen LogP contribution in [0.4, 0.5) is 0 Å². The molecule has 1 aliphatic rings. The monoisotopic (exact) mass is 348 g/mol. The molecule has 1 saturated heterocycles. The van der Waals surface area contributed by atoms with E-state index >= 15 is 0 Å². The average Bonchev–Trinajstić information content (AvgIpc) is 2.97. The summed E-state index contributed by atoms with van der Waals surface area (Å²) in [6.45, 7) is 4.54. The first kappa shape index (κ1) is 18.5. The number of rotatable bonds is 4. The highest BCUT2D eigenvalue weighted by Crippen LogP contribution is 2.20. The first-order valence-corrected chi connectivity index (χ1v) is 8.24. The lowest BCUT2D eigenvalue weighted by molar-refractivity contribution is 0.0673. The molecule has 0 spiro atoms. The van der Waals surface area contributed by atoms with E-state index in [-0.39, 0.29) is 18.3 Å². The molecule has 3 rings (SSSR count). The summed E-state index contributed by atoms with van der Waals surface area (Å²) >= 11 is 0. The predicted octanol–water partition coefficient (Wildman–Crippen LogP) is 2.67. The van der Waals surface area contributed by atoms with E-state index in [1.165, 1.54) is 6.42 Å². The number of carbonyl (C=O) groups excluding carboxylic acids is 1. The summed E-state index contributed by atoms with van der Waals surface area (Å²) < 4.78 is 1.79. The Hall–Kier alpha value is -1.85. The minimum Gasteiger partial charge on any atom is -0.338 e. The molecule has 0 saturated carbocycles. The van der Waals surface area contributed by atoms with Crippen molar-refractivity contribution in [3.05, 3.63) is 47.8 Å². The van der Waals surface area contributed by atoms with Gasteiger partial charge >= 0.3 is 0 Å². The second-order valence-electron chi connectivity index (χ2n) is 6.23. The lowest BCUT2D eigenvalue weighted by Crippen LogP contribution is -2.42. The summed E-state index contributed by atoms with van der Waals surface area (Å²) in [5.74, 6) is 0.646. The fourth-order valence-electron chi connectivity index (χ4n) is 3.26. The number of benzene rings is 1. The minimum atomic E-state index is 0. The van der Waals surface area contributed by atoms with E-state index in [4.69, 9.17) is 0 Å². The molecular formula is C18H25ClN4O. The van der Waals surface area contributed by atoms with Crippen LogP contribution >= 0.6 is 12.4 Å². The lowest BCUT2D eigenvalue weighted by Gasteiger charge is -2.32. The third kappa shape index (κ3) is 3.97. The van der Waals surface area contributed by atoms with Gasteiger partial charge in [-0.2, -0.15) is 5.10 Å². The zero-order chi connectivity index (χ0) is 16.2. The number of para-hydroxylation sites is 1. The summed E-state index contributed by atoms with van der Waals surface area (Å²) in [7, 11) is 1.97. The number of piperidine rings is 1. The van der Waals surface area contributed by atoms with Crippen molar-refractivity contribution >= 4 is 18.3 Å². The normalized spacial score (nSPS) is 17.4. The van der Waals surface area contributed by atoms with Crippen LogP contribution in [0.3, 0.4) is 0 Å². The smallest absolute Gasteiger partial charge is 0.257 e. The first-order chi connectivity index (χ1) is 11.2. The summed E-state index contributed by atoms with van der Waals surface area (Å²) in [6.07, 6.45) is 4.12.